The van der Waals surface area contributed by atoms with Crippen molar-refractivity contribution in [3.63, 3.8) is 0 Å². The molecule has 0 saturated carbocycles. The second kappa shape index (κ2) is 11.5. The van der Waals surface area contributed by atoms with E-state index in [1.807, 2.05) is 30.8 Å². The lowest BCUT2D eigenvalue weighted by atomic mass is 10.2. The van der Waals surface area contributed by atoms with Crippen LogP contribution in [-0.2, 0) is 20.1 Å². The first-order valence-electron chi connectivity index (χ1n) is 10.4. The van der Waals surface area contributed by atoms with E-state index in [9.17, 15) is 0 Å². The lowest BCUT2D eigenvalue weighted by molar-refractivity contribution is 0.223. The van der Waals surface area contributed by atoms with Gasteiger partial charge in [0.25, 0.3) is 0 Å². The first-order valence-corrected chi connectivity index (χ1v) is 10.4. The molecule has 0 spiro atoms. The molecule has 1 aromatic carbocycles. The molecule has 2 rings (SSSR count). The van der Waals surface area contributed by atoms with E-state index < -0.39 is 0 Å². The average Bonchev–Trinajstić information content (AvgIpc) is 2.98. The number of hydrogen-bond acceptors (Lipinski definition) is 4. The first kappa shape index (κ1) is 22.7. The summed E-state index contributed by atoms with van der Waals surface area (Å²) in [6.45, 7) is 13.6. The third kappa shape index (κ3) is 6.78. The molecule has 0 aliphatic carbocycles. The predicted octanol–water partition coefficient (Wildman–Crippen LogP) is 2.62. The van der Waals surface area contributed by atoms with Gasteiger partial charge in [-0.05, 0) is 44.6 Å². The zero-order chi connectivity index (χ0) is 21.2. The van der Waals surface area contributed by atoms with Crippen LogP contribution in [0.5, 0.6) is 5.75 Å². The Morgan fingerprint density at radius 2 is 1.76 bits per heavy atom. The smallest absolute Gasteiger partial charge is 0.191 e. The molecule has 160 valence electrons. The van der Waals surface area contributed by atoms with E-state index in [4.69, 9.17) is 4.74 Å². The summed E-state index contributed by atoms with van der Waals surface area (Å²) in [6.07, 6.45) is 0. The fourth-order valence-electron chi connectivity index (χ4n) is 3.19. The van der Waals surface area contributed by atoms with E-state index >= 15 is 0 Å². The number of hydrogen-bond donors (Lipinski definition) is 2. The van der Waals surface area contributed by atoms with Gasteiger partial charge < -0.3 is 20.3 Å². The van der Waals surface area contributed by atoms with Gasteiger partial charge in [-0.15, -0.1) is 0 Å². The third-order valence-electron chi connectivity index (χ3n) is 5.27. The lowest BCUT2D eigenvalue weighted by Gasteiger charge is -2.18. The summed E-state index contributed by atoms with van der Waals surface area (Å²) in [6, 6.07) is 8.22. The Kier molecular flexibility index (Phi) is 8.99. The standard InChI is InChI=1S/C22H36N6O/c1-7-28(8-2)13-14-29-20-11-9-19(10-12-20)15-24-22(23-5)25-16-21-17(3)26-27(6)18(21)4/h9-12H,7-8,13-16H2,1-6H3,(H2,23,24,25). The van der Waals surface area contributed by atoms with Gasteiger partial charge in [-0.2, -0.15) is 5.10 Å². The molecule has 0 aliphatic heterocycles. The molecule has 2 aromatic rings. The number of aryl methyl sites for hydroxylation is 2. The van der Waals surface area contributed by atoms with E-state index in [1.54, 1.807) is 7.05 Å². The van der Waals surface area contributed by atoms with E-state index in [2.05, 4.69) is 58.5 Å². The number of guanidine groups is 1. The number of rotatable bonds is 10. The minimum Gasteiger partial charge on any atom is -0.492 e. The molecule has 0 amide bonds. The summed E-state index contributed by atoms with van der Waals surface area (Å²) in [4.78, 5) is 6.67. The number of benzene rings is 1. The van der Waals surface area contributed by atoms with Crippen LogP contribution in [0.25, 0.3) is 0 Å². The molecule has 2 N–H and O–H groups in total. The van der Waals surface area contributed by atoms with Crippen LogP contribution in [0.3, 0.4) is 0 Å². The monoisotopic (exact) mass is 400 g/mol. The minimum absolute atomic E-state index is 0.699. The van der Waals surface area contributed by atoms with Crippen LogP contribution in [0.4, 0.5) is 0 Å². The van der Waals surface area contributed by atoms with Gasteiger partial charge in [0.1, 0.15) is 12.4 Å². The Bertz CT molecular complexity index is 777. The lowest BCUT2D eigenvalue weighted by Crippen LogP contribution is -2.36. The molecule has 7 heteroatoms. The summed E-state index contributed by atoms with van der Waals surface area (Å²) < 4.78 is 7.76. The van der Waals surface area contributed by atoms with Gasteiger partial charge in [-0.3, -0.25) is 9.67 Å². The van der Waals surface area contributed by atoms with E-state index in [-0.39, 0.29) is 0 Å². The fourth-order valence-corrected chi connectivity index (χ4v) is 3.19. The van der Waals surface area contributed by atoms with E-state index in [0.29, 0.717) is 19.7 Å². The quantitative estimate of drug-likeness (QED) is 0.474. The van der Waals surface area contributed by atoms with Crippen LogP contribution in [0.2, 0.25) is 0 Å². The van der Waals surface area contributed by atoms with Crippen molar-refractivity contribution >= 4 is 5.96 Å². The SMILES string of the molecule is CCN(CC)CCOc1ccc(CNC(=NC)NCc2c(C)nn(C)c2C)cc1. The van der Waals surface area contributed by atoms with Gasteiger partial charge in [-0.1, -0.05) is 26.0 Å². The second-order valence-electron chi connectivity index (χ2n) is 7.07. The maximum atomic E-state index is 5.85. The molecule has 0 saturated heterocycles. The van der Waals surface area contributed by atoms with Crippen molar-refractivity contribution in [3.05, 3.63) is 46.8 Å². The van der Waals surface area contributed by atoms with Crippen molar-refractivity contribution in [2.45, 2.75) is 40.8 Å². The Morgan fingerprint density at radius 1 is 1.10 bits per heavy atom. The Hall–Kier alpha value is -2.54. The molecule has 1 aromatic heterocycles. The average molecular weight is 401 g/mol. The van der Waals surface area contributed by atoms with Crippen molar-refractivity contribution in [1.29, 1.82) is 0 Å². The number of aromatic nitrogens is 2. The van der Waals surface area contributed by atoms with Gasteiger partial charge in [0.15, 0.2) is 5.96 Å². The van der Waals surface area contributed by atoms with Gasteiger partial charge in [0.05, 0.1) is 5.69 Å². The van der Waals surface area contributed by atoms with E-state index in [1.165, 1.54) is 16.8 Å². The highest BCUT2D eigenvalue weighted by molar-refractivity contribution is 5.79. The molecular formula is C22H36N6O. The number of likely N-dealkylation sites (N-methyl/N-ethyl adjacent to an activating group) is 1. The maximum Gasteiger partial charge on any atom is 0.191 e. The van der Waals surface area contributed by atoms with Crippen molar-refractivity contribution in [2.24, 2.45) is 12.0 Å². The van der Waals surface area contributed by atoms with Crippen LogP contribution in [0.15, 0.2) is 29.3 Å². The molecule has 1 heterocycles. The van der Waals surface area contributed by atoms with Gasteiger partial charge >= 0.3 is 0 Å². The molecule has 0 bridgehead atoms. The highest BCUT2D eigenvalue weighted by atomic mass is 16.5. The summed E-state index contributed by atoms with van der Waals surface area (Å²) in [5, 5.41) is 11.2. The van der Waals surface area contributed by atoms with Crippen molar-refractivity contribution in [1.82, 2.24) is 25.3 Å². The number of aliphatic imine (C=N–C) groups is 1. The van der Waals surface area contributed by atoms with Crippen molar-refractivity contribution < 1.29 is 4.74 Å². The molecule has 0 fully saturated rings. The highest BCUT2D eigenvalue weighted by Gasteiger charge is 2.09. The number of ether oxygens (including phenoxy) is 1. The molecule has 0 unspecified atom stereocenters. The summed E-state index contributed by atoms with van der Waals surface area (Å²) in [5.74, 6) is 1.68. The number of nitrogens with zero attached hydrogens (tertiary/aromatic N) is 4. The van der Waals surface area contributed by atoms with Crippen molar-refractivity contribution in [3.8, 4) is 5.75 Å². The summed E-state index contributed by atoms with van der Waals surface area (Å²) in [7, 11) is 3.75. The largest absolute Gasteiger partial charge is 0.492 e. The van der Waals surface area contributed by atoms with Crippen LogP contribution < -0.4 is 15.4 Å². The molecular weight excluding hydrogens is 364 g/mol. The number of nitrogens with one attached hydrogen (secondary N) is 2. The highest BCUT2D eigenvalue weighted by Crippen LogP contribution is 2.13. The Labute approximate surface area is 175 Å². The zero-order valence-electron chi connectivity index (χ0n) is 18.7. The fraction of sp³-hybridized carbons (Fsp3) is 0.545. The van der Waals surface area contributed by atoms with Gasteiger partial charge in [0.2, 0.25) is 0 Å². The molecule has 7 nitrogen and oxygen atoms in total. The van der Waals surface area contributed by atoms with Crippen LogP contribution in [-0.4, -0.2) is 53.9 Å². The van der Waals surface area contributed by atoms with Crippen molar-refractivity contribution in [2.75, 3.05) is 33.3 Å². The van der Waals surface area contributed by atoms with Crippen LogP contribution in [0.1, 0.15) is 36.4 Å². The maximum absolute atomic E-state index is 5.85. The zero-order valence-corrected chi connectivity index (χ0v) is 18.7. The Morgan fingerprint density at radius 3 is 2.31 bits per heavy atom. The van der Waals surface area contributed by atoms with E-state index in [0.717, 1.165) is 37.0 Å². The topological polar surface area (TPSA) is 66.7 Å². The molecule has 0 radical (unpaired) electrons. The summed E-state index contributed by atoms with van der Waals surface area (Å²) in [5.41, 5.74) is 4.60. The van der Waals surface area contributed by atoms with Gasteiger partial charge in [-0.25, -0.2) is 0 Å². The van der Waals surface area contributed by atoms with Crippen LogP contribution in [0, 0.1) is 13.8 Å². The van der Waals surface area contributed by atoms with Crippen LogP contribution >= 0.6 is 0 Å². The summed E-state index contributed by atoms with van der Waals surface area (Å²) >= 11 is 0. The second-order valence-corrected chi connectivity index (χ2v) is 7.07. The Balaban J connectivity index is 1.79. The molecule has 0 atom stereocenters. The minimum atomic E-state index is 0.699. The first-order chi connectivity index (χ1) is 14.0. The predicted molar refractivity (Wildman–Crippen MR) is 119 cm³/mol. The normalized spacial score (nSPS) is 11.8. The van der Waals surface area contributed by atoms with Gasteiger partial charge in [0, 0.05) is 45.0 Å². The third-order valence-corrected chi connectivity index (χ3v) is 5.27. The molecule has 29 heavy (non-hydrogen) atoms. The molecule has 0 aliphatic rings.